The molecule has 128 valence electrons. The van der Waals surface area contributed by atoms with E-state index < -0.39 is 11.2 Å². The predicted octanol–water partition coefficient (Wildman–Crippen LogP) is 1.26. The number of aromatic nitrogens is 4. The fourth-order valence-electron chi connectivity index (χ4n) is 2.67. The molecule has 8 nitrogen and oxygen atoms in total. The second kappa shape index (κ2) is 6.65. The Morgan fingerprint density at radius 3 is 2.68 bits per heavy atom. The molecule has 0 aliphatic heterocycles. The van der Waals surface area contributed by atoms with Gasteiger partial charge in [-0.25, -0.2) is 9.78 Å². The summed E-state index contributed by atoms with van der Waals surface area (Å²) in [5, 5.41) is 12.1. The van der Waals surface area contributed by atoms with Crippen molar-refractivity contribution in [2.45, 2.75) is 26.4 Å². The Balaban J connectivity index is 2.04. The molecule has 2 heterocycles. The molecular formula is C17H18N6O2. The molecule has 25 heavy (non-hydrogen) atoms. The molecule has 0 aliphatic carbocycles. The number of aryl methyl sites for hydroxylation is 3. The molecule has 0 unspecified atom stereocenters. The number of nitrogens with one attached hydrogen (secondary N) is 2. The standard InChI is InChI=1S/C17H18N6O2/c1-11-4-6-12(7-5-11)19-10-13-20-15-14(23(13)9-3-8-18)16(24)21-17(25)22(15)2/h4-7,19H,3,9-10H2,1-2H3,(H,21,24,25). The Morgan fingerprint density at radius 2 is 2.00 bits per heavy atom. The maximum atomic E-state index is 12.2. The molecule has 0 saturated heterocycles. The van der Waals surface area contributed by atoms with Gasteiger partial charge in [0.05, 0.1) is 19.0 Å². The van der Waals surface area contributed by atoms with Gasteiger partial charge in [-0.05, 0) is 19.1 Å². The summed E-state index contributed by atoms with van der Waals surface area (Å²) in [6, 6.07) is 9.98. The van der Waals surface area contributed by atoms with E-state index in [0.29, 0.717) is 30.1 Å². The topological polar surface area (TPSA) is 108 Å². The molecule has 0 aliphatic rings. The molecule has 0 fully saturated rings. The molecule has 0 saturated carbocycles. The van der Waals surface area contributed by atoms with Crippen LogP contribution in [0.25, 0.3) is 11.2 Å². The summed E-state index contributed by atoms with van der Waals surface area (Å²) in [7, 11) is 1.55. The predicted molar refractivity (Wildman–Crippen MR) is 94.3 cm³/mol. The summed E-state index contributed by atoms with van der Waals surface area (Å²) < 4.78 is 2.99. The maximum Gasteiger partial charge on any atom is 0.329 e. The highest BCUT2D eigenvalue weighted by atomic mass is 16.2. The van der Waals surface area contributed by atoms with Crippen molar-refractivity contribution >= 4 is 16.9 Å². The smallest absolute Gasteiger partial charge is 0.329 e. The van der Waals surface area contributed by atoms with Crippen molar-refractivity contribution in [2.75, 3.05) is 5.32 Å². The third-order valence-corrected chi connectivity index (χ3v) is 4.04. The van der Waals surface area contributed by atoms with Gasteiger partial charge in [-0.3, -0.25) is 14.3 Å². The quantitative estimate of drug-likeness (QED) is 0.728. The average molecular weight is 338 g/mol. The summed E-state index contributed by atoms with van der Waals surface area (Å²) in [4.78, 5) is 30.8. The van der Waals surface area contributed by atoms with E-state index in [9.17, 15) is 9.59 Å². The minimum absolute atomic E-state index is 0.241. The van der Waals surface area contributed by atoms with Crippen molar-refractivity contribution in [2.24, 2.45) is 7.05 Å². The van der Waals surface area contributed by atoms with Crippen molar-refractivity contribution in [3.63, 3.8) is 0 Å². The lowest BCUT2D eigenvalue weighted by atomic mass is 10.2. The molecule has 0 bridgehead atoms. The zero-order valence-corrected chi connectivity index (χ0v) is 14.0. The third kappa shape index (κ3) is 3.17. The zero-order valence-electron chi connectivity index (χ0n) is 14.0. The number of hydrogen-bond donors (Lipinski definition) is 2. The van der Waals surface area contributed by atoms with Crippen LogP contribution in [0.5, 0.6) is 0 Å². The first-order valence-corrected chi connectivity index (χ1v) is 7.87. The van der Waals surface area contributed by atoms with Crippen LogP contribution in [-0.4, -0.2) is 19.1 Å². The highest BCUT2D eigenvalue weighted by Gasteiger charge is 2.16. The van der Waals surface area contributed by atoms with E-state index in [4.69, 9.17) is 5.26 Å². The van der Waals surface area contributed by atoms with Gasteiger partial charge < -0.3 is 9.88 Å². The molecule has 3 aromatic rings. The Morgan fingerprint density at radius 1 is 1.28 bits per heavy atom. The van der Waals surface area contributed by atoms with E-state index >= 15 is 0 Å². The van der Waals surface area contributed by atoms with Crippen LogP contribution in [0.1, 0.15) is 17.8 Å². The Labute approximate surface area is 143 Å². The number of aromatic amines is 1. The number of nitriles is 1. The molecule has 2 aromatic heterocycles. The van der Waals surface area contributed by atoms with Crippen LogP contribution in [0.3, 0.4) is 0 Å². The highest BCUT2D eigenvalue weighted by Crippen LogP contribution is 2.14. The lowest BCUT2D eigenvalue weighted by Gasteiger charge is -2.09. The van der Waals surface area contributed by atoms with Crippen molar-refractivity contribution in [1.29, 1.82) is 5.26 Å². The van der Waals surface area contributed by atoms with E-state index in [0.717, 1.165) is 11.3 Å². The number of fused-ring (bicyclic) bond motifs is 1. The number of nitrogens with zero attached hydrogens (tertiary/aromatic N) is 4. The molecule has 0 atom stereocenters. The summed E-state index contributed by atoms with van der Waals surface area (Å²) in [6.07, 6.45) is 0.241. The Kier molecular flexibility index (Phi) is 4.39. The third-order valence-electron chi connectivity index (χ3n) is 4.04. The molecule has 0 amide bonds. The zero-order chi connectivity index (χ0) is 18.0. The molecular weight excluding hydrogens is 320 g/mol. The SMILES string of the molecule is Cc1ccc(NCc2nc3c(c(=O)[nH]c(=O)n3C)n2CCC#N)cc1. The van der Waals surface area contributed by atoms with E-state index in [2.05, 4.69) is 21.4 Å². The van der Waals surface area contributed by atoms with Gasteiger partial charge in [0, 0.05) is 19.3 Å². The van der Waals surface area contributed by atoms with Gasteiger partial charge in [-0.2, -0.15) is 5.26 Å². The van der Waals surface area contributed by atoms with Gasteiger partial charge in [0.2, 0.25) is 0 Å². The Bertz CT molecular complexity index is 1070. The van der Waals surface area contributed by atoms with Crippen LogP contribution < -0.4 is 16.6 Å². The van der Waals surface area contributed by atoms with Gasteiger partial charge in [-0.1, -0.05) is 17.7 Å². The first-order valence-electron chi connectivity index (χ1n) is 7.87. The number of imidazole rings is 1. The minimum atomic E-state index is -0.513. The van der Waals surface area contributed by atoms with Crippen LogP contribution >= 0.6 is 0 Å². The molecule has 2 N–H and O–H groups in total. The van der Waals surface area contributed by atoms with Crippen molar-refractivity contribution in [3.05, 3.63) is 56.5 Å². The summed E-state index contributed by atoms with van der Waals surface area (Å²) in [6.45, 7) is 2.72. The lowest BCUT2D eigenvalue weighted by molar-refractivity contribution is 0.689. The van der Waals surface area contributed by atoms with E-state index in [-0.39, 0.29) is 6.42 Å². The van der Waals surface area contributed by atoms with E-state index in [1.807, 2.05) is 31.2 Å². The molecule has 0 radical (unpaired) electrons. The van der Waals surface area contributed by atoms with Crippen LogP contribution in [0.4, 0.5) is 5.69 Å². The van der Waals surface area contributed by atoms with Gasteiger partial charge in [0.1, 0.15) is 5.82 Å². The summed E-state index contributed by atoms with van der Waals surface area (Å²) in [5.41, 5.74) is 1.69. The van der Waals surface area contributed by atoms with Crippen molar-refractivity contribution < 1.29 is 0 Å². The number of benzene rings is 1. The Hall–Kier alpha value is -3.34. The second-order valence-corrected chi connectivity index (χ2v) is 5.80. The van der Waals surface area contributed by atoms with Gasteiger partial charge >= 0.3 is 5.69 Å². The van der Waals surface area contributed by atoms with Gasteiger partial charge in [0.25, 0.3) is 5.56 Å². The van der Waals surface area contributed by atoms with Crippen LogP contribution in [0.2, 0.25) is 0 Å². The number of H-pyrrole nitrogens is 1. The summed E-state index contributed by atoms with van der Waals surface area (Å²) >= 11 is 0. The first-order chi connectivity index (χ1) is 12.0. The fraction of sp³-hybridized carbons (Fsp3) is 0.294. The maximum absolute atomic E-state index is 12.2. The fourth-order valence-corrected chi connectivity index (χ4v) is 2.67. The molecule has 0 spiro atoms. The highest BCUT2D eigenvalue weighted by molar-refractivity contribution is 5.71. The van der Waals surface area contributed by atoms with Crippen LogP contribution in [0, 0.1) is 18.3 Å². The van der Waals surface area contributed by atoms with Crippen LogP contribution in [0.15, 0.2) is 33.9 Å². The monoisotopic (exact) mass is 338 g/mol. The minimum Gasteiger partial charge on any atom is -0.378 e. The van der Waals surface area contributed by atoms with Gasteiger partial charge in [-0.15, -0.1) is 0 Å². The number of hydrogen-bond acceptors (Lipinski definition) is 5. The second-order valence-electron chi connectivity index (χ2n) is 5.80. The largest absolute Gasteiger partial charge is 0.378 e. The molecule has 3 rings (SSSR count). The molecule has 8 heteroatoms. The normalized spacial score (nSPS) is 10.8. The van der Waals surface area contributed by atoms with E-state index in [1.165, 1.54) is 4.57 Å². The van der Waals surface area contributed by atoms with Crippen LogP contribution in [-0.2, 0) is 20.1 Å². The molecule has 1 aromatic carbocycles. The number of anilines is 1. The first kappa shape index (κ1) is 16.5. The number of rotatable bonds is 5. The average Bonchev–Trinajstić information content (AvgIpc) is 2.96. The summed E-state index contributed by atoms with van der Waals surface area (Å²) in [5.74, 6) is 0.595. The van der Waals surface area contributed by atoms with Gasteiger partial charge in [0.15, 0.2) is 11.2 Å². The van der Waals surface area contributed by atoms with Crippen molar-refractivity contribution in [1.82, 2.24) is 19.1 Å². The van der Waals surface area contributed by atoms with E-state index in [1.54, 1.807) is 11.6 Å². The lowest BCUT2D eigenvalue weighted by Crippen LogP contribution is -2.29. The van der Waals surface area contributed by atoms with Crippen molar-refractivity contribution in [3.8, 4) is 6.07 Å².